The maximum Gasteiger partial charge on any atom is 0.0514 e. The topological polar surface area (TPSA) is 24.4 Å². The lowest BCUT2D eigenvalue weighted by Crippen LogP contribution is -2.19. The minimum Gasteiger partial charge on any atom is -0.315 e. The van der Waals surface area contributed by atoms with Crippen LogP contribution in [0.3, 0.4) is 0 Å². The van der Waals surface area contributed by atoms with Gasteiger partial charge in [-0.05, 0) is 24.3 Å². The largest absolute Gasteiger partial charge is 0.315 e. The van der Waals surface area contributed by atoms with Crippen LogP contribution in [0.1, 0.15) is 12.0 Å². The summed E-state index contributed by atoms with van der Waals surface area (Å²) in [7, 11) is 0. The maximum atomic E-state index is 4.33. The van der Waals surface area contributed by atoms with Crippen molar-refractivity contribution in [3.8, 4) is 0 Å². The molecule has 1 aromatic rings. The number of hydrogen-bond acceptors (Lipinski definition) is 3. The predicted octanol–water partition coefficient (Wildman–Crippen LogP) is 2.01. The van der Waals surface area contributed by atoms with E-state index in [9.17, 15) is 0 Å². The number of rotatable bonds is 7. The van der Waals surface area contributed by atoms with E-state index in [4.69, 9.17) is 0 Å². The monoisotopic (exact) mass is 222 g/mol. The summed E-state index contributed by atoms with van der Waals surface area (Å²) in [6.45, 7) is 2.81. The third-order valence-corrected chi connectivity index (χ3v) is 2.29. The fourth-order valence-electron chi connectivity index (χ4n) is 1.18. The molecule has 0 atom stereocenters. The highest BCUT2D eigenvalue weighted by atomic mass is 32.1. The molecule has 0 aromatic heterocycles. The lowest BCUT2D eigenvalue weighted by molar-refractivity contribution is 0.683. The van der Waals surface area contributed by atoms with E-state index >= 15 is 0 Å². The number of nitrogens with zero attached hydrogens (tertiary/aromatic N) is 1. The zero-order valence-electron chi connectivity index (χ0n) is 8.89. The van der Waals surface area contributed by atoms with Gasteiger partial charge in [-0.25, -0.2) is 0 Å². The van der Waals surface area contributed by atoms with Gasteiger partial charge in [0.05, 0.1) is 6.54 Å². The number of nitrogens with one attached hydrogen (secondary N) is 1. The number of thiol groups is 1. The molecule has 0 aliphatic heterocycles. The first-order chi connectivity index (χ1) is 7.43. The van der Waals surface area contributed by atoms with Crippen LogP contribution < -0.4 is 5.32 Å². The molecule has 0 bridgehead atoms. The summed E-state index contributed by atoms with van der Waals surface area (Å²) in [6.07, 6.45) is 3.03. The zero-order valence-corrected chi connectivity index (χ0v) is 9.79. The Kier molecular flexibility index (Phi) is 6.96. The molecule has 1 rings (SSSR count). The van der Waals surface area contributed by atoms with Crippen LogP contribution in [-0.2, 0) is 0 Å². The Bertz CT molecular complexity index is 272. The highest BCUT2D eigenvalue weighted by molar-refractivity contribution is 7.80. The van der Waals surface area contributed by atoms with Gasteiger partial charge in [0.25, 0.3) is 0 Å². The molecule has 0 aliphatic rings. The van der Waals surface area contributed by atoms with Crippen LogP contribution in [0.15, 0.2) is 35.3 Å². The molecule has 1 N–H and O–H groups in total. The molecule has 0 spiro atoms. The van der Waals surface area contributed by atoms with E-state index < -0.39 is 0 Å². The Hall–Kier alpha value is -0.800. The van der Waals surface area contributed by atoms with Crippen molar-refractivity contribution in [1.29, 1.82) is 0 Å². The quantitative estimate of drug-likeness (QED) is 0.412. The van der Waals surface area contributed by atoms with Crippen LogP contribution >= 0.6 is 12.6 Å². The second-order valence-electron chi connectivity index (χ2n) is 3.27. The molecule has 3 heteroatoms. The number of aliphatic imine (C=N–C) groups is 1. The van der Waals surface area contributed by atoms with Crippen LogP contribution in [0.25, 0.3) is 0 Å². The summed E-state index contributed by atoms with van der Waals surface area (Å²) in [6, 6.07) is 10.2. The van der Waals surface area contributed by atoms with Crippen molar-refractivity contribution in [1.82, 2.24) is 5.32 Å². The second-order valence-corrected chi connectivity index (χ2v) is 3.72. The van der Waals surface area contributed by atoms with Crippen LogP contribution in [0, 0.1) is 0 Å². The lowest BCUT2D eigenvalue weighted by Gasteiger charge is -1.99. The molecule has 0 unspecified atom stereocenters. The van der Waals surface area contributed by atoms with Crippen molar-refractivity contribution in [2.45, 2.75) is 6.42 Å². The van der Waals surface area contributed by atoms with E-state index in [2.05, 4.69) is 35.1 Å². The van der Waals surface area contributed by atoms with Gasteiger partial charge in [-0.3, -0.25) is 4.99 Å². The Labute approximate surface area is 97.2 Å². The van der Waals surface area contributed by atoms with E-state index in [-0.39, 0.29) is 0 Å². The molecule has 82 valence electrons. The van der Waals surface area contributed by atoms with E-state index in [1.165, 1.54) is 0 Å². The summed E-state index contributed by atoms with van der Waals surface area (Å²) in [5, 5.41) is 3.31. The third-order valence-electron chi connectivity index (χ3n) is 1.97. The van der Waals surface area contributed by atoms with Gasteiger partial charge in [0.2, 0.25) is 0 Å². The van der Waals surface area contributed by atoms with Crippen LogP contribution in [0.2, 0.25) is 0 Å². The van der Waals surface area contributed by atoms with Crippen molar-refractivity contribution in [2.75, 3.05) is 25.4 Å². The SMILES string of the molecule is SCCCNCCN=Cc1ccccc1. The van der Waals surface area contributed by atoms with Crippen molar-refractivity contribution in [3.05, 3.63) is 35.9 Å². The summed E-state index contributed by atoms with van der Waals surface area (Å²) < 4.78 is 0. The Morgan fingerprint density at radius 2 is 2.00 bits per heavy atom. The number of hydrogen-bond donors (Lipinski definition) is 2. The minimum atomic E-state index is 0.835. The molecule has 0 saturated carbocycles. The van der Waals surface area contributed by atoms with Gasteiger partial charge in [-0.15, -0.1) is 0 Å². The van der Waals surface area contributed by atoms with Gasteiger partial charge in [0.15, 0.2) is 0 Å². The van der Waals surface area contributed by atoms with Crippen molar-refractivity contribution in [2.24, 2.45) is 4.99 Å². The molecular formula is C12H18N2S. The van der Waals surface area contributed by atoms with Gasteiger partial charge in [0, 0.05) is 12.8 Å². The smallest absolute Gasteiger partial charge is 0.0514 e. The van der Waals surface area contributed by atoms with Gasteiger partial charge in [-0.1, -0.05) is 30.3 Å². The predicted molar refractivity (Wildman–Crippen MR) is 70.2 cm³/mol. The second kappa shape index (κ2) is 8.50. The van der Waals surface area contributed by atoms with E-state index in [1.54, 1.807) is 0 Å². The van der Waals surface area contributed by atoms with E-state index in [0.717, 1.165) is 37.4 Å². The summed E-state index contributed by atoms with van der Waals surface area (Å²) >= 11 is 4.14. The molecule has 0 aliphatic carbocycles. The average molecular weight is 222 g/mol. The third kappa shape index (κ3) is 6.31. The molecule has 0 amide bonds. The zero-order chi connectivity index (χ0) is 10.8. The Morgan fingerprint density at radius 1 is 1.20 bits per heavy atom. The Balaban J connectivity index is 2.07. The highest BCUT2D eigenvalue weighted by Gasteiger charge is 1.85. The summed E-state index contributed by atoms with van der Waals surface area (Å²) in [5.74, 6) is 0.945. The summed E-state index contributed by atoms with van der Waals surface area (Å²) in [4.78, 5) is 4.33. The molecule has 0 fully saturated rings. The molecule has 0 heterocycles. The van der Waals surface area contributed by atoms with Crippen molar-refractivity contribution < 1.29 is 0 Å². The van der Waals surface area contributed by atoms with Crippen molar-refractivity contribution in [3.63, 3.8) is 0 Å². The number of benzene rings is 1. The minimum absolute atomic E-state index is 0.835. The first-order valence-corrected chi connectivity index (χ1v) is 5.93. The molecule has 1 aromatic carbocycles. The maximum absolute atomic E-state index is 4.33. The van der Waals surface area contributed by atoms with E-state index in [1.807, 2.05) is 24.4 Å². The molecule has 0 radical (unpaired) electrons. The van der Waals surface area contributed by atoms with Crippen LogP contribution in [0.4, 0.5) is 0 Å². The molecule has 15 heavy (non-hydrogen) atoms. The first-order valence-electron chi connectivity index (χ1n) is 5.30. The molecule has 0 saturated heterocycles. The average Bonchev–Trinajstić information content (AvgIpc) is 2.29. The van der Waals surface area contributed by atoms with E-state index in [0.29, 0.717) is 0 Å². The standard InChI is InChI=1S/C12H18N2S/c15-10-4-7-13-8-9-14-11-12-5-2-1-3-6-12/h1-3,5-6,11,13,15H,4,7-10H2. The van der Waals surface area contributed by atoms with Crippen molar-refractivity contribution >= 4 is 18.8 Å². The van der Waals surface area contributed by atoms with Gasteiger partial charge >= 0.3 is 0 Å². The van der Waals surface area contributed by atoms with Gasteiger partial charge in [-0.2, -0.15) is 12.6 Å². The van der Waals surface area contributed by atoms with Gasteiger partial charge < -0.3 is 5.32 Å². The fourth-order valence-corrected chi connectivity index (χ4v) is 1.34. The van der Waals surface area contributed by atoms with Gasteiger partial charge in [0.1, 0.15) is 0 Å². The fraction of sp³-hybridized carbons (Fsp3) is 0.417. The normalized spacial score (nSPS) is 11.0. The molecular weight excluding hydrogens is 204 g/mol. The summed E-state index contributed by atoms with van der Waals surface area (Å²) in [5.41, 5.74) is 1.16. The lowest BCUT2D eigenvalue weighted by atomic mass is 10.2. The Morgan fingerprint density at radius 3 is 2.73 bits per heavy atom. The highest BCUT2D eigenvalue weighted by Crippen LogP contribution is 1.93. The van der Waals surface area contributed by atoms with Crippen LogP contribution in [0.5, 0.6) is 0 Å². The molecule has 2 nitrogen and oxygen atoms in total. The van der Waals surface area contributed by atoms with Crippen LogP contribution in [-0.4, -0.2) is 31.6 Å². The first kappa shape index (κ1) is 12.3.